The maximum Gasteiger partial charge on any atom is 0.249 e. The molecule has 1 aromatic heterocycles. The van der Waals surface area contributed by atoms with Crippen molar-refractivity contribution in [1.29, 1.82) is 0 Å². The molecular formula is C21H30N4O2S. The van der Waals surface area contributed by atoms with Crippen LogP contribution in [0.4, 0.5) is 5.13 Å². The Hall–Kier alpha value is -2.28. The van der Waals surface area contributed by atoms with Crippen LogP contribution in [0.2, 0.25) is 0 Å². The third-order valence-electron chi connectivity index (χ3n) is 4.74. The summed E-state index contributed by atoms with van der Waals surface area (Å²) < 4.78 is 0. The lowest BCUT2D eigenvalue weighted by Gasteiger charge is -2.23. The van der Waals surface area contributed by atoms with Crippen molar-refractivity contribution in [2.75, 3.05) is 5.32 Å². The van der Waals surface area contributed by atoms with Gasteiger partial charge in [0.25, 0.3) is 0 Å². The molecule has 0 saturated heterocycles. The van der Waals surface area contributed by atoms with Crippen LogP contribution in [0, 0.1) is 12.8 Å². The molecule has 0 aliphatic heterocycles. The molecule has 2 rings (SSSR count). The molecule has 0 bridgehead atoms. The van der Waals surface area contributed by atoms with Crippen molar-refractivity contribution in [3.8, 4) is 10.6 Å². The number of unbranched alkanes of at least 4 members (excludes halogenated alkanes) is 2. The van der Waals surface area contributed by atoms with E-state index in [1.54, 1.807) is 0 Å². The lowest BCUT2D eigenvalue weighted by molar-refractivity contribution is -0.127. The standard InChI is InChI=1S/C21H30N4O2S/c1-5-7-8-12-17(26)22-18(15(4)6-2)19(27)23-21-25-24-20(28-21)16-11-9-10-14(3)13-16/h9-11,13,15,18H,5-8,12H2,1-4H3,(H,22,26)(H,23,25,27)/t15-,18-/m1/s1. The second kappa shape index (κ2) is 10.9. The average Bonchev–Trinajstić information content (AvgIpc) is 3.14. The van der Waals surface area contributed by atoms with Gasteiger partial charge in [0, 0.05) is 12.0 Å². The van der Waals surface area contributed by atoms with Gasteiger partial charge in [-0.3, -0.25) is 14.9 Å². The highest BCUT2D eigenvalue weighted by Gasteiger charge is 2.26. The van der Waals surface area contributed by atoms with Crippen molar-refractivity contribution in [2.45, 2.75) is 65.8 Å². The lowest BCUT2D eigenvalue weighted by Crippen LogP contribution is -2.47. The molecule has 0 spiro atoms. The fraction of sp³-hybridized carbons (Fsp3) is 0.524. The van der Waals surface area contributed by atoms with E-state index >= 15 is 0 Å². The second-order valence-corrected chi connectivity index (χ2v) is 8.14. The van der Waals surface area contributed by atoms with Crippen molar-refractivity contribution in [2.24, 2.45) is 5.92 Å². The van der Waals surface area contributed by atoms with Gasteiger partial charge in [-0.25, -0.2) is 0 Å². The molecule has 152 valence electrons. The first kappa shape index (κ1) is 22.0. The van der Waals surface area contributed by atoms with Crippen LogP contribution in [-0.2, 0) is 9.59 Å². The van der Waals surface area contributed by atoms with Crippen molar-refractivity contribution < 1.29 is 9.59 Å². The van der Waals surface area contributed by atoms with E-state index in [4.69, 9.17) is 0 Å². The number of benzene rings is 1. The number of hydrogen-bond acceptors (Lipinski definition) is 5. The van der Waals surface area contributed by atoms with Crippen LogP contribution in [0.15, 0.2) is 24.3 Å². The smallest absolute Gasteiger partial charge is 0.249 e. The molecule has 1 heterocycles. The van der Waals surface area contributed by atoms with Gasteiger partial charge in [-0.05, 0) is 25.3 Å². The highest BCUT2D eigenvalue weighted by Crippen LogP contribution is 2.27. The molecule has 1 aromatic carbocycles. The monoisotopic (exact) mass is 402 g/mol. The van der Waals surface area contributed by atoms with Crippen LogP contribution in [0.1, 0.15) is 58.4 Å². The number of aromatic nitrogens is 2. The fourth-order valence-electron chi connectivity index (χ4n) is 2.83. The minimum atomic E-state index is -0.578. The maximum atomic E-state index is 12.8. The van der Waals surface area contributed by atoms with E-state index in [-0.39, 0.29) is 17.7 Å². The number of carbonyl (C=O) groups excluding carboxylic acids is 2. The van der Waals surface area contributed by atoms with Crippen molar-refractivity contribution in [3.63, 3.8) is 0 Å². The van der Waals surface area contributed by atoms with Crippen molar-refractivity contribution >= 4 is 28.3 Å². The molecule has 0 fully saturated rings. The van der Waals surface area contributed by atoms with E-state index in [0.717, 1.165) is 41.8 Å². The molecule has 0 aliphatic rings. The van der Waals surface area contributed by atoms with Crippen molar-refractivity contribution in [3.05, 3.63) is 29.8 Å². The van der Waals surface area contributed by atoms with Gasteiger partial charge in [0.2, 0.25) is 16.9 Å². The number of rotatable bonds is 10. The predicted molar refractivity (Wildman–Crippen MR) is 114 cm³/mol. The molecule has 2 amide bonds. The summed E-state index contributed by atoms with van der Waals surface area (Å²) in [6, 6.07) is 7.41. The zero-order chi connectivity index (χ0) is 20.5. The summed E-state index contributed by atoms with van der Waals surface area (Å²) in [7, 11) is 0. The quantitative estimate of drug-likeness (QED) is 0.571. The number of hydrogen-bond donors (Lipinski definition) is 2. The van der Waals surface area contributed by atoms with E-state index in [9.17, 15) is 9.59 Å². The molecule has 6 nitrogen and oxygen atoms in total. The molecule has 2 N–H and O–H groups in total. The highest BCUT2D eigenvalue weighted by atomic mass is 32.1. The zero-order valence-electron chi connectivity index (χ0n) is 17.1. The van der Waals surface area contributed by atoms with E-state index in [2.05, 4.69) is 27.8 Å². The predicted octanol–water partition coefficient (Wildman–Crippen LogP) is 4.56. The number of aryl methyl sites for hydroxylation is 1. The molecule has 2 atom stereocenters. The zero-order valence-corrected chi connectivity index (χ0v) is 17.9. The third-order valence-corrected chi connectivity index (χ3v) is 5.63. The van der Waals surface area contributed by atoms with Gasteiger partial charge in [0.05, 0.1) is 0 Å². The molecule has 7 heteroatoms. The van der Waals surface area contributed by atoms with Gasteiger partial charge < -0.3 is 5.32 Å². The minimum absolute atomic E-state index is 0.0271. The number of carbonyl (C=O) groups is 2. The van der Waals surface area contributed by atoms with E-state index in [1.165, 1.54) is 11.3 Å². The first-order valence-electron chi connectivity index (χ1n) is 9.95. The van der Waals surface area contributed by atoms with E-state index in [1.807, 2.05) is 45.0 Å². The number of amides is 2. The Morgan fingerprint density at radius 2 is 1.96 bits per heavy atom. The Morgan fingerprint density at radius 1 is 1.18 bits per heavy atom. The topological polar surface area (TPSA) is 84.0 Å². The summed E-state index contributed by atoms with van der Waals surface area (Å²) >= 11 is 1.33. The summed E-state index contributed by atoms with van der Waals surface area (Å²) in [5.41, 5.74) is 2.11. The van der Waals surface area contributed by atoms with E-state index in [0.29, 0.717) is 11.6 Å². The van der Waals surface area contributed by atoms with Gasteiger partial charge in [-0.2, -0.15) is 0 Å². The third kappa shape index (κ3) is 6.41. The van der Waals surface area contributed by atoms with Gasteiger partial charge in [0.1, 0.15) is 11.0 Å². The number of nitrogens with one attached hydrogen (secondary N) is 2. The van der Waals surface area contributed by atoms with Crippen LogP contribution >= 0.6 is 11.3 Å². The summed E-state index contributed by atoms with van der Waals surface area (Å²) in [6.45, 7) is 8.09. The van der Waals surface area contributed by atoms with Crippen molar-refractivity contribution in [1.82, 2.24) is 15.5 Å². The van der Waals surface area contributed by atoms with Gasteiger partial charge in [0.15, 0.2) is 0 Å². The van der Waals surface area contributed by atoms with Gasteiger partial charge in [-0.15, -0.1) is 10.2 Å². The average molecular weight is 403 g/mol. The largest absolute Gasteiger partial charge is 0.344 e. The normalized spacial score (nSPS) is 13.0. The summed E-state index contributed by atoms with van der Waals surface area (Å²) in [4.78, 5) is 25.0. The molecule has 0 saturated carbocycles. The molecular weight excluding hydrogens is 372 g/mol. The Bertz CT molecular complexity index is 790. The summed E-state index contributed by atoms with van der Waals surface area (Å²) in [5, 5.41) is 15.2. The molecule has 2 aromatic rings. The maximum absolute atomic E-state index is 12.8. The Balaban J connectivity index is 2.03. The molecule has 0 unspecified atom stereocenters. The number of anilines is 1. The van der Waals surface area contributed by atoms with Crippen LogP contribution in [0.3, 0.4) is 0 Å². The minimum Gasteiger partial charge on any atom is -0.344 e. The molecule has 0 radical (unpaired) electrons. The van der Waals surface area contributed by atoms with Gasteiger partial charge >= 0.3 is 0 Å². The van der Waals surface area contributed by atoms with E-state index < -0.39 is 6.04 Å². The van der Waals surface area contributed by atoms with Crippen LogP contribution in [-0.4, -0.2) is 28.1 Å². The fourth-order valence-corrected chi connectivity index (χ4v) is 3.58. The summed E-state index contributed by atoms with van der Waals surface area (Å²) in [5.74, 6) is -0.295. The first-order chi connectivity index (χ1) is 13.4. The first-order valence-corrected chi connectivity index (χ1v) is 10.8. The Kier molecular flexibility index (Phi) is 8.57. The highest BCUT2D eigenvalue weighted by molar-refractivity contribution is 7.18. The SMILES string of the molecule is CCCCCC(=O)N[C@@H](C(=O)Nc1nnc(-c2cccc(C)c2)s1)[C@H](C)CC. The molecule has 0 aliphatic carbocycles. The number of nitrogens with zero attached hydrogens (tertiary/aromatic N) is 2. The lowest BCUT2D eigenvalue weighted by atomic mass is 9.98. The second-order valence-electron chi connectivity index (χ2n) is 7.16. The van der Waals surface area contributed by atoms with Crippen LogP contribution in [0.5, 0.6) is 0 Å². The van der Waals surface area contributed by atoms with Crippen LogP contribution < -0.4 is 10.6 Å². The summed E-state index contributed by atoms with van der Waals surface area (Å²) in [6.07, 6.45) is 4.15. The van der Waals surface area contributed by atoms with Gasteiger partial charge in [-0.1, -0.05) is 75.1 Å². The van der Waals surface area contributed by atoms with Crippen LogP contribution in [0.25, 0.3) is 10.6 Å². The molecule has 28 heavy (non-hydrogen) atoms. The Morgan fingerprint density at radius 3 is 2.64 bits per heavy atom. The Labute approximate surface area is 171 Å².